The van der Waals surface area contributed by atoms with Crippen molar-refractivity contribution in [2.24, 2.45) is 23.5 Å². The Kier molecular flexibility index (Phi) is 4.04. The van der Waals surface area contributed by atoms with Gasteiger partial charge in [0.05, 0.1) is 0 Å². The molecule has 3 unspecified atom stereocenters. The van der Waals surface area contributed by atoms with Crippen molar-refractivity contribution in [1.82, 2.24) is 10.2 Å². The van der Waals surface area contributed by atoms with Crippen molar-refractivity contribution < 1.29 is 4.79 Å². The van der Waals surface area contributed by atoms with Gasteiger partial charge < -0.3 is 16.0 Å². The van der Waals surface area contributed by atoms with Gasteiger partial charge in [-0.15, -0.1) is 0 Å². The van der Waals surface area contributed by atoms with Gasteiger partial charge in [-0.2, -0.15) is 0 Å². The van der Waals surface area contributed by atoms with E-state index in [0.717, 1.165) is 44.2 Å². The Morgan fingerprint density at radius 3 is 2.40 bits per heavy atom. The summed E-state index contributed by atoms with van der Waals surface area (Å²) >= 11 is 0. The zero-order valence-corrected chi connectivity index (χ0v) is 12.7. The molecular weight excluding hydrogens is 250 g/mol. The number of hydrogen-bond acceptors (Lipinski definition) is 3. The smallest absolute Gasteiger partial charge is 0.239 e. The number of nitrogens with zero attached hydrogens (tertiary/aromatic N) is 1. The molecule has 3 N–H and O–H groups in total. The van der Waals surface area contributed by atoms with Crippen molar-refractivity contribution in [3.05, 3.63) is 0 Å². The van der Waals surface area contributed by atoms with E-state index in [0.29, 0.717) is 5.92 Å². The van der Waals surface area contributed by atoms with Gasteiger partial charge in [0.25, 0.3) is 0 Å². The van der Waals surface area contributed by atoms with Crippen LogP contribution in [0.15, 0.2) is 0 Å². The number of carbonyl (C=O) groups is 1. The first-order chi connectivity index (χ1) is 9.65. The van der Waals surface area contributed by atoms with Crippen LogP contribution >= 0.6 is 0 Å². The Bertz CT molecular complexity index is 357. The molecular formula is C16H29N3O. The molecule has 4 nitrogen and oxygen atoms in total. The van der Waals surface area contributed by atoms with E-state index in [1.54, 1.807) is 0 Å². The fourth-order valence-electron chi connectivity index (χ4n) is 4.43. The van der Waals surface area contributed by atoms with Crippen molar-refractivity contribution >= 4 is 5.91 Å². The van der Waals surface area contributed by atoms with Gasteiger partial charge >= 0.3 is 0 Å². The van der Waals surface area contributed by atoms with Gasteiger partial charge in [0.15, 0.2) is 0 Å². The zero-order chi connectivity index (χ0) is 14.2. The van der Waals surface area contributed by atoms with E-state index in [4.69, 9.17) is 5.73 Å². The molecule has 3 fully saturated rings. The van der Waals surface area contributed by atoms with Crippen LogP contribution in [0.5, 0.6) is 0 Å². The average molecular weight is 279 g/mol. The van der Waals surface area contributed by atoms with Gasteiger partial charge in [0.1, 0.15) is 5.54 Å². The number of hydrogen-bond donors (Lipinski definition) is 2. The van der Waals surface area contributed by atoms with E-state index in [1.807, 2.05) is 0 Å². The molecule has 4 heteroatoms. The van der Waals surface area contributed by atoms with Crippen LogP contribution in [0.3, 0.4) is 0 Å². The molecule has 0 aromatic carbocycles. The lowest BCUT2D eigenvalue weighted by atomic mass is 9.91. The average Bonchev–Trinajstić information content (AvgIpc) is 3.06. The Morgan fingerprint density at radius 2 is 1.90 bits per heavy atom. The molecule has 2 aliphatic carbocycles. The van der Waals surface area contributed by atoms with E-state index in [9.17, 15) is 4.79 Å². The van der Waals surface area contributed by atoms with Gasteiger partial charge in [0, 0.05) is 19.6 Å². The minimum absolute atomic E-state index is 0.134. The standard InChI is InChI=1S/C16H29N3O/c1-2-8-18-16(15(17)20,14-6-7-14)11-19-9-12-4-3-5-13(12)10-19/h12-14,18H,2-11H2,1H3,(H2,17,20). The maximum absolute atomic E-state index is 12.2. The zero-order valence-electron chi connectivity index (χ0n) is 12.7. The molecule has 0 aromatic rings. The molecule has 114 valence electrons. The summed E-state index contributed by atoms with van der Waals surface area (Å²) in [6.07, 6.45) is 7.53. The van der Waals surface area contributed by atoms with Gasteiger partial charge in [-0.05, 0) is 56.4 Å². The van der Waals surface area contributed by atoms with Gasteiger partial charge in [0.2, 0.25) is 5.91 Å². The molecule has 2 saturated carbocycles. The first-order valence-electron chi connectivity index (χ1n) is 8.43. The number of nitrogens with two attached hydrogens (primary N) is 1. The lowest BCUT2D eigenvalue weighted by Gasteiger charge is -2.36. The highest BCUT2D eigenvalue weighted by Gasteiger charge is 2.51. The van der Waals surface area contributed by atoms with Gasteiger partial charge in [-0.25, -0.2) is 0 Å². The van der Waals surface area contributed by atoms with Crippen LogP contribution in [0, 0.1) is 17.8 Å². The maximum Gasteiger partial charge on any atom is 0.239 e. The predicted octanol–water partition coefficient (Wildman–Crippen LogP) is 1.35. The molecule has 3 rings (SSSR count). The summed E-state index contributed by atoms with van der Waals surface area (Å²) in [5.74, 6) is 2.09. The number of rotatable bonds is 7. The fourth-order valence-corrected chi connectivity index (χ4v) is 4.43. The second kappa shape index (κ2) is 5.64. The number of primary amides is 1. The quantitative estimate of drug-likeness (QED) is 0.739. The highest BCUT2D eigenvalue weighted by atomic mass is 16.1. The topological polar surface area (TPSA) is 58.4 Å². The SMILES string of the molecule is CCCNC(CN1CC2CCCC2C1)(C(N)=O)C1CC1. The molecule has 1 amide bonds. The monoisotopic (exact) mass is 279 g/mol. The highest BCUT2D eigenvalue weighted by Crippen LogP contribution is 2.43. The maximum atomic E-state index is 12.2. The van der Waals surface area contributed by atoms with E-state index in [2.05, 4.69) is 17.1 Å². The molecule has 0 spiro atoms. The molecule has 20 heavy (non-hydrogen) atoms. The summed E-state index contributed by atoms with van der Waals surface area (Å²) in [6, 6.07) is 0. The first kappa shape index (κ1) is 14.3. The van der Waals surface area contributed by atoms with Gasteiger partial charge in [-0.3, -0.25) is 4.79 Å². The van der Waals surface area contributed by atoms with E-state index >= 15 is 0 Å². The molecule has 0 bridgehead atoms. The van der Waals surface area contributed by atoms with E-state index < -0.39 is 5.54 Å². The highest BCUT2D eigenvalue weighted by molar-refractivity contribution is 5.86. The third-order valence-corrected chi connectivity index (χ3v) is 5.68. The number of amides is 1. The second-order valence-electron chi connectivity index (χ2n) is 7.18. The Morgan fingerprint density at radius 1 is 1.25 bits per heavy atom. The van der Waals surface area contributed by atoms with Crippen molar-refractivity contribution in [2.75, 3.05) is 26.2 Å². The molecule has 1 heterocycles. The Labute approximate surface area is 122 Å². The fraction of sp³-hybridized carbons (Fsp3) is 0.938. The third-order valence-electron chi connectivity index (χ3n) is 5.68. The van der Waals surface area contributed by atoms with Crippen LogP contribution in [0.2, 0.25) is 0 Å². The molecule has 3 aliphatic rings. The molecule has 1 aliphatic heterocycles. The van der Waals surface area contributed by atoms with Crippen LogP contribution in [0.1, 0.15) is 45.4 Å². The van der Waals surface area contributed by atoms with Crippen molar-refractivity contribution in [1.29, 1.82) is 0 Å². The van der Waals surface area contributed by atoms with Crippen LogP contribution in [-0.4, -0.2) is 42.5 Å². The summed E-state index contributed by atoms with van der Waals surface area (Å²) in [5.41, 5.74) is 5.36. The summed E-state index contributed by atoms with van der Waals surface area (Å²) < 4.78 is 0. The summed E-state index contributed by atoms with van der Waals surface area (Å²) in [5, 5.41) is 3.52. The minimum atomic E-state index is -0.464. The van der Waals surface area contributed by atoms with Crippen molar-refractivity contribution in [3.63, 3.8) is 0 Å². The van der Waals surface area contributed by atoms with E-state index in [1.165, 1.54) is 32.4 Å². The summed E-state index contributed by atoms with van der Waals surface area (Å²) in [4.78, 5) is 14.7. The Hall–Kier alpha value is -0.610. The first-order valence-corrected chi connectivity index (χ1v) is 8.43. The molecule has 0 aromatic heterocycles. The van der Waals surface area contributed by atoms with Crippen LogP contribution in [0.4, 0.5) is 0 Å². The minimum Gasteiger partial charge on any atom is -0.368 e. The number of carbonyl (C=O) groups excluding carboxylic acids is 1. The molecule has 3 atom stereocenters. The normalized spacial score (nSPS) is 33.0. The lowest BCUT2D eigenvalue weighted by Crippen LogP contribution is -2.63. The predicted molar refractivity (Wildman–Crippen MR) is 80.2 cm³/mol. The van der Waals surface area contributed by atoms with Crippen LogP contribution in [0.25, 0.3) is 0 Å². The van der Waals surface area contributed by atoms with E-state index in [-0.39, 0.29) is 5.91 Å². The third kappa shape index (κ3) is 2.60. The summed E-state index contributed by atoms with van der Waals surface area (Å²) in [7, 11) is 0. The van der Waals surface area contributed by atoms with Crippen molar-refractivity contribution in [2.45, 2.75) is 51.0 Å². The summed E-state index contributed by atoms with van der Waals surface area (Å²) in [6.45, 7) is 6.23. The largest absolute Gasteiger partial charge is 0.368 e. The van der Waals surface area contributed by atoms with Gasteiger partial charge in [-0.1, -0.05) is 13.3 Å². The number of nitrogens with one attached hydrogen (secondary N) is 1. The number of fused-ring (bicyclic) bond motifs is 1. The number of likely N-dealkylation sites (tertiary alicyclic amines) is 1. The second-order valence-corrected chi connectivity index (χ2v) is 7.18. The molecule has 1 saturated heterocycles. The Balaban J connectivity index is 1.68. The molecule has 0 radical (unpaired) electrons. The van der Waals surface area contributed by atoms with Crippen LogP contribution in [-0.2, 0) is 4.79 Å². The lowest BCUT2D eigenvalue weighted by molar-refractivity contribution is -0.126. The van der Waals surface area contributed by atoms with Crippen LogP contribution < -0.4 is 11.1 Å². The van der Waals surface area contributed by atoms with Crippen molar-refractivity contribution in [3.8, 4) is 0 Å².